The Hall–Kier alpha value is -1.59. The maximum atomic E-state index is 12.9. The monoisotopic (exact) mass is 320 g/mol. The van der Waals surface area contributed by atoms with E-state index in [9.17, 15) is 9.59 Å². The standard InChI is InChI=1S/C16H17ClN2O3/c17-11-4-6-12(7-5-11)18-14(20)13-10-22-16(19(13)15(18)21)8-2-1-3-9-16/h4-7,13H,1-3,8-10H2/t13-/m1/s1. The third-order valence-electron chi connectivity index (χ3n) is 4.88. The molecule has 0 radical (unpaired) electrons. The lowest BCUT2D eigenvalue weighted by atomic mass is 9.90. The Balaban J connectivity index is 1.69. The number of carbonyl (C=O) groups is 2. The van der Waals surface area contributed by atoms with Gasteiger partial charge in [-0.1, -0.05) is 18.0 Å². The highest BCUT2D eigenvalue weighted by molar-refractivity contribution is 6.30. The Morgan fingerprint density at radius 2 is 1.77 bits per heavy atom. The molecule has 2 saturated heterocycles. The zero-order valence-corrected chi connectivity index (χ0v) is 12.9. The number of benzene rings is 1. The first-order valence-electron chi connectivity index (χ1n) is 7.69. The van der Waals surface area contributed by atoms with Crippen molar-refractivity contribution in [1.29, 1.82) is 0 Å². The number of hydrogen-bond donors (Lipinski definition) is 0. The first-order valence-corrected chi connectivity index (χ1v) is 8.07. The number of amides is 3. The second-order valence-electron chi connectivity index (χ2n) is 6.14. The van der Waals surface area contributed by atoms with E-state index in [4.69, 9.17) is 16.3 Å². The lowest BCUT2D eigenvalue weighted by Crippen LogP contribution is -2.50. The smallest absolute Gasteiger partial charge is 0.334 e. The topological polar surface area (TPSA) is 49.9 Å². The number of halogens is 1. The van der Waals surface area contributed by atoms with Gasteiger partial charge < -0.3 is 4.74 Å². The first-order chi connectivity index (χ1) is 10.6. The van der Waals surface area contributed by atoms with Gasteiger partial charge >= 0.3 is 6.03 Å². The van der Waals surface area contributed by atoms with Crippen molar-refractivity contribution in [1.82, 2.24) is 4.90 Å². The maximum absolute atomic E-state index is 12.9. The van der Waals surface area contributed by atoms with Crippen molar-refractivity contribution < 1.29 is 14.3 Å². The number of urea groups is 1. The van der Waals surface area contributed by atoms with Gasteiger partial charge in [0.1, 0.15) is 11.8 Å². The molecule has 3 fully saturated rings. The number of anilines is 1. The number of nitrogens with zero attached hydrogens (tertiary/aromatic N) is 2. The minimum Gasteiger partial charge on any atom is -0.353 e. The quantitative estimate of drug-likeness (QED) is 0.747. The molecule has 4 rings (SSSR count). The molecule has 116 valence electrons. The molecule has 6 heteroatoms. The number of imide groups is 1. The molecule has 0 N–H and O–H groups in total. The summed E-state index contributed by atoms with van der Waals surface area (Å²) in [5.74, 6) is -0.199. The molecular weight excluding hydrogens is 304 g/mol. The third-order valence-corrected chi connectivity index (χ3v) is 5.14. The normalized spacial score (nSPS) is 26.9. The maximum Gasteiger partial charge on any atom is 0.334 e. The number of rotatable bonds is 1. The molecule has 0 bridgehead atoms. The van der Waals surface area contributed by atoms with Crippen LogP contribution < -0.4 is 4.90 Å². The van der Waals surface area contributed by atoms with Crippen LogP contribution in [-0.4, -0.2) is 35.2 Å². The highest BCUT2D eigenvalue weighted by Crippen LogP contribution is 2.44. The van der Waals surface area contributed by atoms with Crippen LogP contribution in [0.1, 0.15) is 32.1 Å². The van der Waals surface area contributed by atoms with E-state index in [1.54, 1.807) is 29.2 Å². The molecule has 3 amide bonds. The molecule has 0 aromatic heterocycles. The van der Waals surface area contributed by atoms with Crippen LogP contribution in [0, 0.1) is 0 Å². The number of hydrogen-bond acceptors (Lipinski definition) is 3. The van der Waals surface area contributed by atoms with Crippen LogP contribution in [0.5, 0.6) is 0 Å². The van der Waals surface area contributed by atoms with E-state index in [2.05, 4.69) is 0 Å². The Morgan fingerprint density at radius 1 is 1.09 bits per heavy atom. The van der Waals surface area contributed by atoms with Crippen LogP contribution in [0.2, 0.25) is 5.02 Å². The van der Waals surface area contributed by atoms with Gasteiger partial charge in [0.25, 0.3) is 5.91 Å². The Labute approximate surface area is 133 Å². The van der Waals surface area contributed by atoms with Crippen molar-refractivity contribution in [3.8, 4) is 0 Å². The van der Waals surface area contributed by atoms with Gasteiger partial charge in [0, 0.05) is 5.02 Å². The number of fused-ring (bicyclic) bond motifs is 2. The molecule has 22 heavy (non-hydrogen) atoms. The summed E-state index contributed by atoms with van der Waals surface area (Å²) in [6.07, 6.45) is 4.86. The number of carbonyl (C=O) groups excluding carboxylic acids is 2. The van der Waals surface area contributed by atoms with Crippen molar-refractivity contribution in [3.05, 3.63) is 29.3 Å². The van der Waals surface area contributed by atoms with E-state index in [-0.39, 0.29) is 11.9 Å². The van der Waals surface area contributed by atoms with E-state index in [1.165, 1.54) is 4.90 Å². The number of ether oxygens (including phenoxy) is 1. The van der Waals surface area contributed by atoms with Crippen LogP contribution in [0.3, 0.4) is 0 Å². The van der Waals surface area contributed by atoms with E-state index < -0.39 is 11.8 Å². The van der Waals surface area contributed by atoms with Gasteiger partial charge in [0.05, 0.1) is 12.3 Å². The summed E-state index contributed by atoms with van der Waals surface area (Å²) in [5, 5.41) is 0.579. The van der Waals surface area contributed by atoms with Crippen molar-refractivity contribution >= 4 is 29.2 Å². The van der Waals surface area contributed by atoms with Crippen LogP contribution in [-0.2, 0) is 9.53 Å². The molecule has 1 atom stereocenters. The van der Waals surface area contributed by atoms with Gasteiger partial charge in [-0.15, -0.1) is 0 Å². The predicted octanol–water partition coefficient (Wildman–Crippen LogP) is 3.17. The van der Waals surface area contributed by atoms with Crippen molar-refractivity contribution in [2.45, 2.75) is 43.9 Å². The van der Waals surface area contributed by atoms with Gasteiger partial charge in [-0.3, -0.25) is 9.69 Å². The largest absolute Gasteiger partial charge is 0.353 e. The van der Waals surface area contributed by atoms with Gasteiger partial charge in [0.15, 0.2) is 0 Å². The fourth-order valence-electron chi connectivity index (χ4n) is 3.82. The van der Waals surface area contributed by atoms with Crippen LogP contribution in [0.4, 0.5) is 10.5 Å². The summed E-state index contributed by atoms with van der Waals surface area (Å²) in [4.78, 5) is 28.5. The third kappa shape index (κ3) is 1.88. The highest BCUT2D eigenvalue weighted by atomic mass is 35.5. The highest BCUT2D eigenvalue weighted by Gasteiger charge is 2.60. The fraction of sp³-hybridized carbons (Fsp3) is 0.500. The Bertz CT molecular complexity index is 625. The second-order valence-corrected chi connectivity index (χ2v) is 6.57. The molecule has 1 aromatic rings. The Morgan fingerprint density at radius 3 is 2.45 bits per heavy atom. The minimum atomic E-state index is -0.573. The lowest BCUT2D eigenvalue weighted by molar-refractivity contribution is -0.119. The van der Waals surface area contributed by atoms with Gasteiger partial charge in [-0.2, -0.15) is 0 Å². The minimum absolute atomic E-state index is 0.199. The fourth-order valence-corrected chi connectivity index (χ4v) is 3.95. The van der Waals surface area contributed by atoms with E-state index in [0.29, 0.717) is 17.3 Å². The average molecular weight is 321 g/mol. The SMILES string of the molecule is O=C1[C@H]2COC3(CCCCC3)N2C(=O)N1c1ccc(Cl)cc1. The summed E-state index contributed by atoms with van der Waals surface area (Å²) in [7, 11) is 0. The van der Waals surface area contributed by atoms with Gasteiger partial charge in [-0.25, -0.2) is 9.69 Å². The van der Waals surface area contributed by atoms with Gasteiger partial charge in [-0.05, 0) is 49.9 Å². The molecule has 1 spiro atoms. The first kappa shape index (κ1) is 14.0. The summed E-state index contributed by atoms with van der Waals surface area (Å²) in [5.41, 5.74) is -0.00336. The molecule has 5 nitrogen and oxygen atoms in total. The van der Waals surface area contributed by atoms with E-state index in [1.807, 2.05) is 0 Å². The summed E-state index contributed by atoms with van der Waals surface area (Å²) >= 11 is 5.88. The predicted molar refractivity (Wildman–Crippen MR) is 81.7 cm³/mol. The zero-order chi connectivity index (χ0) is 15.3. The molecule has 1 aromatic carbocycles. The lowest BCUT2D eigenvalue weighted by Gasteiger charge is -2.39. The molecule has 2 aliphatic heterocycles. The summed E-state index contributed by atoms with van der Waals surface area (Å²) < 4.78 is 5.93. The van der Waals surface area contributed by atoms with Crippen LogP contribution >= 0.6 is 11.6 Å². The molecule has 0 unspecified atom stereocenters. The van der Waals surface area contributed by atoms with Crippen LogP contribution in [0.15, 0.2) is 24.3 Å². The van der Waals surface area contributed by atoms with Crippen molar-refractivity contribution in [3.63, 3.8) is 0 Å². The van der Waals surface area contributed by atoms with Crippen LogP contribution in [0.25, 0.3) is 0 Å². The van der Waals surface area contributed by atoms with Crippen molar-refractivity contribution in [2.75, 3.05) is 11.5 Å². The van der Waals surface area contributed by atoms with Crippen molar-refractivity contribution in [2.24, 2.45) is 0 Å². The summed E-state index contributed by atoms with van der Waals surface area (Å²) in [6.45, 7) is 0.300. The van der Waals surface area contributed by atoms with Gasteiger partial charge in [0.2, 0.25) is 0 Å². The summed E-state index contributed by atoms with van der Waals surface area (Å²) in [6, 6.07) is 6.03. The van der Waals surface area contributed by atoms with E-state index >= 15 is 0 Å². The second kappa shape index (κ2) is 4.96. The van der Waals surface area contributed by atoms with E-state index in [0.717, 1.165) is 32.1 Å². The zero-order valence-electron chi connectivity index (χ0n) is 12.1. The molecular formula is C16H17ClN2O3. The Kier molecular flexibility index (Phi) is 3.16. The average Bonchev–Trinajstić information content (AvgIpc) is 3.00. The molecule has 1 saturated carbocycles. The molecule has 3 aliphatic rings. The molecule has 2 heterocycles. The molecule has 1 aliphatic carbocycles.